The van der Waals surface area contributed by atoms with Crippen LogP contribution in [0.25, 0.3) is 11.4 Å². The molecule has 4 rings (SSSR count). The van der Waals surface area contributed by atoms with E-state index < -0.39 is 0 Å². The maximum atomic E-state index is 11.6. The molecular weight excluding hydrogens is 478 g/mol. The first kappa shape index (κ1) is 27.4. The van der Waals surface area contributed by atoms with Gasteiger partial charge in [-0.3, -0.25) is 9.69 Å². The lowest BCUT2D eigenvalue weighted by Gasteiger charge is -2.40. The topological polar surface area (TPSA) is 93.8 Å². The van der Waals surface area contributed by atoms with Gasteiger partial charge in [0.05, 0.1) is 23.9 Å². The molecule has 0 radical (unpaired) electrons. The van der Waals surface area contributed by atoms with Crippen LogP contribution in [0.1, 0.15) is 43.2 Å². The lowest BCUT2D eigenvalue weighted by atomic mass is 10.0. The highest BCUT2D eigenvalue weighted by atomic mass is 16.5. The Bertz CT molecular complexity index is 1270. The van der Waals surface area contributed by atoms with E-state index in [9.17, 15) is 4.79 Å². The summed E-state index contributed by atoms with van der Waals surface area (Å²) in [4.78, 5) is 26.0. The van der Waals surface area contributed by atoms with E-state index in [4.69, 9.17) is 25.2 Å². The fourth-order valence-corrected chi connectivity index (χ4v) is 4.98. The Balaban J connectivity index is 1.69. The number of aryl methyl sites for hydroxylation is 3. The van der Waals surface area contributed by atoms with E-state index >= 15 is 0 Å². The molecule has 1 atom stereocenters. The molecule has 0 aliphatic carbocycles. The zero-order valence-electron chi connectivity index (χ0n) is 23.3. The number of anilines is 1. The van der Waals surface area contributed by atoms with Crippen molar-refractivity contribution in [3.63, 3.8) is 0 Å². The van der Waals surface area contributed by atoms with Crippen LogP contribution in [-0.2, 0) is 11.4 Å². The number of primary amides is 1. The molecule has 8 heteroatoms. The van der Waals surface area contributed by atoms with Gasteiger partial charge in [-0.05, 0) is 64.8 Å². The Morgan fingerprint density at radius 1 is 1.05 bits per heavy atom. The van der Waals surface area contributed by atoms with Crippen molar-refractivity contribution in [2.45, 2.75) is 60.3 Å². The Morgan fingerprint density at radius 3 is 2.39 bits per heavy atom. The molecule has 2 heterocycles. The van der Waals surface area contributed by atoms with Crippen LogP contribution in [0.15, 0.2) is 42.5 Å². The molecular formula is C30H39N5O3. The number of carbonyl (C=O) groups is 1. The zero-order valence-corrected chi connectivity index (χ0v) is 23.3. The number of amides is 1. The van der Waals surface area contributed by atoms with Crippen molar-refractivity contribution >= 4 is 11.7 Å². The monoisotopic (exact) mass is 517 g/mol. The van der Waals surface area contributed by atoms with E-state index in [2.05, 4.69) is 48.8 Å². The van der Waals surface area contributed by atoms with Crippen LogP contribution in [0.5, 0.6) is 11.5 Å². The highest BCUT2D eigenvalue weighted by Gasteiger charge is 2.28. The number of aromatic nitrogens is 2. The van der Waals surface area contributed by atoms with Gasteiger partial charge in [0.1, 0.15) is 23.9 Å². The van der Waals surface area contributed by atoms with Crippen molar-refractivity contribution in [2.24, 2.45) is 5.73 Å². The number of nitrogens with zero attached hydrogens (tertiary/aromatic N) is 4. The zero-order chi connectivity index (χ0) is 27.4. The van der Waals surface area contributed by atoms with Crippen molar-refractivity contribution in [1.29, 1.82) is 0 Å². The predicted octanol–water partition coefficient (Wildman–Crippen LogP) is 4.43. The van der Waals surface area contributed by atoms with Gasteiger partial charge in [-0.25, -0.2) is 9.97 Å². The number of carbonyl (C=O) groups excluding carboxylic acids is 1. The van der Waals surface area contributed by atoms with Gasteiger partial charge in [-0.1, -0.05) is 24.3 Å². The molecule has 1 amide bonds. The minimum atomic E-state index is -0.307. The third kappa shape index (κ3) is 6.42. The number of nitrogens with two attached hydrogens (primary N) is 1. The largest absolute Gasteiger partial charge is 0.491 e. The Morgan fingerprint density at radius 2 is 1.74 bits per heavy atom. The normalized spacial score (nSPS) is 16.1. The quantitative estimate of drug-likeness (QED) is 0.449. The summed E-state index contributed by atoms with van der Waals surface area (Å²) in [5.41, 5.74) is 10.7. The molecule has 1 aliphatic rings. The van der Waals surface area contributed by atoms with Crippen LogP contribution in [0.3, 0.4) is 0 Å². The van der Waals surface area contributed by atoms with Gasteiger partial charge in [-0.2, -0.15) is 0 Å². The first-order valence-electron chi connectivity index (χ1n) is 13.2. The molecule has 0 bridgehead atoms. The minimum absolute atomic E-state index is 0.0835. The molecule has 2 N–H and O–H groups in total. The summed E-state index contributed by atoms with van der Waals surface area (Å²) in [5, 5.41) is 0. The van der Waals surface area contributed by atoms with Crippen LogP contribution in [0.2, 0.25) is 0 Å². The Kier molecular flexibility index (Phi) is 8.52. The van der Waals surface area contributed by atoms with E-state index in [1.54, 1.807) is 0 Å². The fraction of sp³-hybridized carbons (Fsp3) is 0.433. The molecule has 0 spiro atoms. The molecule has 1 saturated heterocycles. The van der Waals surface area contributed by atoms with E-state index in [0.717, 1.165) is 70.7 Å². The second-order valence-corrected chi connectivity index (χ2v) is 10.4. The molecule has 3 aromatic rings. The van der Waals surface area contributed by atoms with Crippen molar-refractivity contribution < 1.29 is 14.3 Å². The maximum absolute atomic E-state index is 11.6. The van der Waals surface area contributed by atoms with Gasteiger partial charge in [0.15, 0.2) is 5.82 Å². The minimum Gasteiger partial charge on any atom is -0.491 e. The molecule has 1 aliphatic heterocycles. The van der Waals surface area contributed by atoms with Gasteiger partial charge < -0.3 is 20.1 Å². The molecule has 8 nitrogen and oxygen atoms in total. The molecule has 1 fully saturated rings. The van der Waals surface area contributed by atoms with Crippen LogP contribution in [0, 0.1) is 20.8 Å². The van der Waals surface area contributed by atoms with Crippen LogP contribution >= 0.6 is 0 Å². The van der Waals surface area contributed by atoms with E-state index in [1.165, 1.54) is 0 Å². The molecule has 0 saturated carbocycles. The van der Waals surface area contributed by atoms with Crippen molar-refractivity contribution in [1.82, 2.24) is 14.9 Å². The lowest BCUT2D eigenvalue weighted by molar-refractivity contribution is -0.119. The van der Waals surface area contributed by atoms with Crippen LogP contribution in [0.4, 0.5) is 5.82 Å². The second kappa shape index (κ2) is 11.8. The second-order valence-electron chi connectivity index (χ2n) is 10.4. The fourth-order valence-electron chi connectivity index (χ4n) is 4.98. The van der Waals surface area contributed by atoms with Gasteiger partial charge in [0, 0.05) is 37.3 Å². The Labute approximate surface area is 225 Å². The average molecular weight is 518 g/mol. The summed E-state index contributed by atoms with van der Waals surface area (Å²) in [6.07, 6.45) is 0.0835. The number of ether oxygens (including phenoxy) is 2. The smallest absolute Gasteiger partial charge is 0.231 e. The van der Waals surface area contributed by atoms with Gasteiger partial charge >= 0.3 is 0 Å². The first-order valence-corrected chi connectivity index (χ1v) is 13.2. The van der Waals surface area contributed by atoms with Gasteiger partial charge in [0.2, 0.25) is 5.91 Å². The van der Waals surface area contributed by atoms with Gasteiger partial charge in [-0.15, -0.1) is 0 Å². The maximum Gasteiger partial charge on any atom is 0.231 e. The van der Waals surface area contributed by atoms with Crippen LogP contribution < -0.4 is 20.1 Å². The van der Waals surface area contributed by atoms with Crippen molar-refractivity contribution in [2.75, 3.05) is 31.1 Å². The number of rotatable bonds is 9. The van der Waals surface area contributed by atoms with Gasteiger partial charge in [0.25, 0.3) is 0 Å². The summed E-state index contributed by atoms with van der Waals surface area (Å²) in [6, 6.07) is 14.1. The molecule has 1 aromatic heterocycles. The first-order chi connectivity index (χ1) is 18.1. The lowest BCUT2D eigenvalue weighted by Crippen LogP contribution is -2.54. The summed E-state index contributed by atoms with van der Waals surface area (Å²) < 4.78 is 12.1. The van der Waals surface area contributed by atoms with Crippen molar-refractivity contribution in [3.8, 4) is 22.9 Å². The molecule has 1 unspecified atom stereocenters. The van der Waals surface area contributed by atoms with E-state index in [0.29, 0.717) is 6.61 Å². The van der Waals surface area contributed by atoms with E-state index in [-0.39, 0.29) is 24.6 Å². The number of hydrogen-bond acceptors (Lipinski definition) is 7. The summed E-state index contributed by atoms with van der Waals surface area (Å²) >= 11 is 0. The highest BCUT2D eigenvalue weighted by Crippen LogP contribution is 2.31. The summed E-state index contributed by atoms with van der Waals surface area (Å²) in [5.74, 6) is 2.78. The third-order valence-electron chi connectivity index (χ3n) is 6.88. The predicted molar refractivity (Wildman–Crippen MR) is 151 cm³/mol. The summed E-state index contributed by atoms with van der Waals surface area (Å²) in [7, 11) is 0. The number of hydrogen-bond donors (Lipinski definition) is 1. The third-order valence-corrected chi connectivity index (χ3v) is 6.88. The number of piperazine rings is 1. The molecule has 202 valence electrons. The van der Waals surface area contributed by atoms with E-state index in [1.807, 2.05) is 45.0 Å². The highest BCUT2D eigenvalue weighted by molar-refractivity contribution is 5.76. The SMILES string of the molecule is Cc1cccc(C)c1-c1nc(C)c(COc2cccc(OC(C)C)c2)c(N2CCN(CC(N)=O)C(C)C2)n1. The standard InChI is InChI=1S/C30H39N5O3/c1-19(2)38-25-12-8-11-24(15-25)37-18-26-23(6)32-29(28-20(3)9-7-10-21(28)4)33-30(26)35-14-13-34(17-27(31)36)22(5)16-35/h7-12,15,19,22H,13-14,16-18H2,1-6H3,(H2,31,36). The van der Waals surface area contributed by atoms with Crippen molar-refractivity contribution in [3.05, 3.63) is 64.8 Å². The molecule has 2 aromatic carbocycles. The Hall–Kier alpha value is -3.65. The molecule has 38 heavy (non-hydrogen) atoms. The number of benzene rings is 2. The average Bonchev–Trinajstić information content (AvgIpc) is 2.84. The summed E-state index contributed by atoms with van der Waals surface area (Å²) in [6.45, 7) is 15.1. The van der Waals surface area contributed by atoms with Crippen LogP contribution in [-0.4, -0.2) is 59.1 Å².